The van der Waals surface area contributed by atoms with Gasteiger partial charge in [0, 0.05) is 43.3 Å². The number of hydrogen-bond donors (Lipinski definition) is 1. The summed E-state index contributed by atoms with van der Waals surface area (Å²) in [7, 11) is 2.04. The number of nitrogens with zero attached hydrogens (tertiary/aromatic N) is 4. The lowest BCUT2D eigenvalue weighted by Gasteiger charge is -2.26. The first-order valence-corrected chi connectivity index (χ1v) is 10.0. The van der Waals surface area contributed by atoms with Crippen LogP contribution in [-0.2, 0) is 11.8 Å². The zero-order valence-corrected chi connectivity index (χ0v) is 16.9. The lowest BCUT2D eigenvalue weighted by Crippen LogP contribution is -2.41. The molecule has 4 heterocycles. The minimum absolute atomic E-state index is 0.389. The van der Waals surface area contributed by atoms with Crippen LogP contribution < -0.4 is 5.32 Å². The van der Waals surface area contributed by atoms with Crippen molar-refractivity contribution in [1.82, 2.24) is 19.4 Å². The number of pyridine rings is 1. The molecule has 0 spiro atoms. The SMILES string of the molecule is Cc1ncc(-c2ccc3cnc(NC(=S)CN4C[C@@H]5C[C@H]4CO5)cc3c2)n1C. The van der Waals surface area contributed by atoms with E-state index < -0.39 is 0 Å². The maximum Gasteiger partial charge on any atom is 0.131 e. The van der Waals surface area contributed by atoms with Gasteiger partial charge >= 0.3 is 0 Å². The summed E-state index contributed by atoms with van der Waals surface area (Å²) in [5, 5.41) is 5.55. The second kappa shape index (κ2) is 6.92. The van der Waals surface area contributed by atoms with Crippen molar-refractivity contribution in [2.75, 3.05) is 25.0 Å². The molecule has 28 heavy (non-hydrogen) atoms. The molecule has 3 aromatic rings. The molecule has 2 saturated heterocycles. The molecule has 0 amide bonds. The van der Waals surface area contributed by atoms with Gasteiger partial charge < -0.3 is 14.6 Å². The Morgan fingerprint density at radius 2 is 2.14 bits per heavy atom. The first-order chi connectivity index (χ1) is 13.6. The zero-order chi connectivity index (χ0) is 19.3. The summed E-state index contributed by atoms with van der Waals surface area (Å²) in [6, 6.07) is 8.97. The van der Waals surface area contributed by atoms with Crippen LogP contribution in [0.3, 0.4) is 0 Å². The summed E-state index contributed by atoms with van der Waals surface area (Å²) in [6.07, 6.45) is 5.33. The largest absolute Gasteiger partial charge is 0.375 e. The Kier molecular flexibility index (Phi) is 4.38. The molecule has 5 rings (SSSR count). The fraction of sp³-hybridized carbons (Fsp3) is 0.381. The van der Waals surface area contributed by atoms with Crippen LogP contribution in [0, 0.1) is 6.92 Å². The number of anilines is 1. The number of nitrogens with one attached hydrogen (secondary N) is 1. The van der Waals surface area contributed by atoms with Crippen molar-refractivity contribution < 1.29 is 4.74 Å². The van der Waals surface area contributed by atoms with E-state index in [1.54, 1.807) is 0 Å². The highest BCUT2D eigenvalue weighted by molar-refractivity contribution is 7.80. The van der Waals surface area contributed by atoms with E-state index in [1.807, 2.05) is 26.4 Å². The monoisotopic (exact) mass is 393 g/mol. The summed E-state index contributed by atoms with van der Waals surface area (Å²) in [5.41, 5.74) is 2.25. The summed E-state index contributed by atoms with van der Waals surface area (Å²) < 4.78 is 7.77. The highest BCUT2D eigenvalue weighted by Crippen LogP contribution is 2.28. The maximum atomic E-state index is 5.66. The standard InChI is InChI=1S/C21H23N5OS/c1-13-22-9-19(25(13)2)14-3-4-15-8-23-20(6-16(15)5-14)24-21(28)11-26-10-18-7-17(26)12-27-18/h3-6,8-9,17-18H,7,10-12H2,1-2H3,(H,23,24,28)/t17-,18-/m0/s1. The third-order valence-corrected chi connectivity index (χ3v) is 6.10. The number of benzene rings is 1. The van der Waals surface area contributed by atoms with Crippen LogP contribution in [-0.4, -0.2) is 56.3 Å². The van der Waals surface area contributed by atoms with Crippen LogP contribution in [0.15, 0.2) is 36.7 Å². The number of fused-ring (bicyclic) bond motifs is 3. The van der Waals surface area contributed by atoms with Gasteiger partial charge in [-0.15, -0.1) is 0 Å². The smallest absolute Gasteiger partial charge is 0.131 e. The number of morpholine rings is 1. The number of thiocarbonyl (C=S) groups is 1. The van der Waals surface area contributed by atoms with Gasteiger partial charge in [0.2, 0.25) is 0 Å². The van der Waals surface area contributed by atoms with E-state index in [2.05, 4.69) is 49.0 Å². The molecule has 2 aromatic heterocycles. The molecule has 7 heteroatoms. The van der Waals surface area contributed by atoms with E-state index in [4.69, 9.17) is 17.0 Å². The average molecular weight is 394 g/mol. The van der Waals surface area contributed by atoms with E-state index >= 15 is 0 Å². The van der Waals surface area contributed by atoms with Crippen molar-refractivity contribution in [2.45, 2.75) is 25.5 Å². The van der Waals surface area contributed by atoms with Gasteiger partial charge in [-0.2, -0.15) is 0 Å². The molecule has 1 N–H and O–H groups in total. The van der Waals surface area contributed by atoms with Gasteiger partial charge in [-0.3, -0.25) is 4.90 Å². The summed E-state index contributed by atoms with van der Waals surface area (Å²) in [5.74, 6) is 1.79. The minimum atomic E-state index is 0.389. The van der Waals surface area contributed by atoms with Crippen molar-refractivity contribution in [3.05, 3.63) is 42.5 Å². The van der Waals surface area contributed by atoms with Crippen LogP contribution in [0.25, 0.3) is 22.0 Å². The molecular formula is C21H23N5OS. The quantitative estimate of drug-likeness (QED) is 0.687. The highest BCUT2D eigenvalue weighted by Gasteiger charge is 2.38. The predicted molar refractivity (Wildman–Crippen MR) is 115 cm³/mol. The summed E-state index contributed by atoms with van der Waals surface area (Å²) >= 11 is 5.59. The minimum Gasteiger partial charge on any atom is -0.375 e. The Hall–Kier alpha value is -2.35. The van der Waals surface area contributed by atoms with Gasteiger partial charge in [-0.1, -0.05) is 24.4 Å². The van der Waals surface area contributed by atoms with Crippen LogP contribution in [0.1, 0.15) is 12.2 Å². The fourth-order valence-corrected chi connectivity index (χ4v) is 4.45. The number of imidazole rings is 1. The third kappa shape index (κ3) is 3.19. The Bertz CT molecular complexity index is 1060. The average Bonchev–Trinajstić information content (AvgIpc) is 3.38. The predicted octanol–water partition coefficient (Wildman–Crippen LogP) is 3.16. The van der Waals surface area contributed by atoms with Gasteiger partial charge in [-0.05, 0) is 30.9 Å². The van der Waals surface area contributed by atoms with Gasteiger partial charge in [0.25, 0.3) is 0 Å². The molecule has 0 aliphatic carbocycles. The molecule has 1 aromatic carbocycles. The number of likely N-dealkylation sites (tertiary alicyclic amines) is 1. The maximum absolute atomic E-state index is 5.66. The van der Waals surface area contributed by atoms with Crippen molar-refractivity contribution in [1.29, 1.82) is 0 Å². The van der Waals surface area contributed by atoms with Crippen LogP contribution in [0.2, 0.25) is 0 Å². The van der Waals surface area contributed by atoms with Gasteiger partial charge in [0.05, 0.1) is 29.6 Å². The molecule has 2 aliphatic rings. The number of aromatic nitrogens is 3. The van der Waals surface area contributed by atoms with E-state index in [0.29, 0.717) is 12.1 Å². The van der Waals surface area contributed by atoms with Gasteiger partial charge in [0.15, 0.2) is 0 Å². The van der Waals surface area contributed by atoms with Gasteiger partial charge in [-0.25, -0.2) is 9.97 Å². The lowest BCUT2D eigenvalue weighted by atomic mass is 10.1. The molecule has 2 atom stereocenters. The van der Waals surface area contributed by atoms with E-state index in [-0.39, 0.29) is 0 Å². The van der Waals surface area contributed by atoms with Crippen molar-refractivity contribution >= 4 is 33.8 Å². The van der Waals surface area contributed by atoms with E-state index in [0.717, 1.165) is 64.8 Å². The molecule has 6 nitrogen and oxygen atoms in total. The molecular weight excluding hydrogens is 370 g/mol. The fourth-order valence-electron chi connectivity index (χ4n) is 4.18. The molecule has 2 aliphatic heterocycles. The molecule has 0 radical (unpaired) electrons. The summed E-state index contributed by atoms with van der Waals surface area (Å²) in [4.78, 5) is 12.1. The van der Waals surface area contributed by atoms with Crippen LogP contribution in [0.5, 0.6) is 0 Å². The second-order valence-electron chi connectivity index (χ2n) is 7.70. The van der Waals surface area contributed by atoms with Crippen molar-refractivity contribution in [3.8, 4) is 11.3 Å². The zero-order valence-electron chi connectivity index (χ0n) is 16.1. The Balaban J connectivity index is 1.35. The molecule has 2 bridgehead atoms. The molecule has 0 saturated carbocycles. The Morgan fingerprint density at radius 3 is 2.86 bits per heavy atom. The lowest BCUT2D eigenvalue weighted by molar-refractivity contribution is 0.0374. The first kappa shape index (κ1) is 17.7. The molecule has 2 fully saturated rings. The number of ether oxygens (including phenoxy) is 1. The van der Waals surface area contributed by atoms with Gasteiger partial charge in [0.1, 0.15) is 11.6 Å². The topological polar surface area (TPSA) is 55.2 Å². The first-order valence-electron chi connectivity index (χ1n) is 9.61. The Morgan fingerprint density at radius 1 is 1.25 bits per heavy atom. The van der Waals surface area contributed by atoms with E-state index in [9.17, 15) is 0 Å². The van der Waals surface area contributed by atoms with Crippen LogP contribution in [0.4, 0.5) is 5.82 Å². The van der Waals surface area contributed by atoms with Crippen LogP contribution >= 0.6 is 12.2 Å². The Labute approximate surface area is 169 Å². The molecule has 0 unspecified atom stereocenters. The number of hydrogen-bond acceptors (Lipinski definition) is 5. The molecule has 144 valence electrons. The summed E-state index contributed by atoms with van der Waals surface area (Å²) in [6.45, 7) is 4.58. The van der Waals surface area contributed by atoms with Crippen molar-refractivity contribution in [2.24, 2.45) is 7.05 Å². The number of rotatable bonds is 4. The van der Waals surface area contributed by atoms with Crippen molar-refractivity contribution in [3.63, 3.8) is 0 Å². The second-order valence-corrected chi connectivity index (χ2v) is 8.20. The highest BCUT2D eigenvalue weighted by atomic mass is 32.1. The number of aryl methyl sites for hydroxylation is 1. The normalized spacial score (nSPS) is 21.5. The van der Waals surface area contributed by atoms with E-state index in [1.165, 1.54) is 0 Å². The third-order valence-electron chi connectivity index (χ3n) is 5.87.